The number of aromatic nitrogens is 2. The number of hydrogen-bond acceptors (Lipinski definition) is 3. The maximum Gasteiger partial charge on any atom is 0.207 e. The molecule has 1 aromatic heterocycles. The summed E-state index contributed by atoms with van der Waals surface area (Å²) in [6.45, 7) is 4.86. The van der Waals surface area contributed by atoms with E-state index in [9.17, 15) is 0 Å². The van der Waals surface area contributed by atoms with Crippen molar-refractivity contribution < 1.29 is 4.74 Å². The van der Waals surface area contributed by atoms with Gasteiger partial charge in [-0.05, 0) is 26.0 Å². The molecule has 0 saturated heterocycles. The summed E-state index contributed by atoms with van der Waals surface area (Å²) in [5.41, 5.74) is 0.813. The lowest BCUT2D eigenvalue weighted by Crippen LogP contribution is -2.29. The Labute approximate surface area is 108 Å². The Morgan fingerprint density at radius 1 is 1.28 bits per heavy atom. The van der Waals surface area contributed by atoms with Crippen LogP contribution in [0, 0.1) is 0 Å². The van der Waals surface area contributed by atoms with E-state index >= 15 is 0 Å². The Morgan fingerprint density at radius 2 is 2.00 bits per heavy atom. The maximum absolute atomic E-state index is 5.44. The molecule has 18 heavy (non-hydrogen) atoms. The minimum atomic E-state index is -0.214. The third-order valence-corrected chi connectivity index (χ3v) is 2.85. The van der Waals surface area contributed by atoms with Crippen molar-refractivity contribution in [2.45, 2.75) is 26.0 Å². The first-order valence-electron chi connectivity index (χ1n) is 5.99. The van der Waals surface area contributed by atoms with Crippen LogP contribution < -0.4 is 5.32 Å². The van der Waals surface area contributed by atoms with E-state index in [2.05, 4.69) is 28.7 Å². The molecule has 4 heteroatoms. The first-order valence-corrected chi connectivity index (χ1v) is 5.99. The highest BCUT2D eigenvalue weighted by Gasteiger charge is 2.18. The highest BCUT2D eigenvalue weighted by atomic mass is 16.5. The molecule has 0 saturated carbocycles. The first kappa shape index (κ1) is 12.6. The zero-order chi connectivity index (χ0) is 13.0. The summed E-state index contributed by atoms with van der Waals surface area (Å²) in [5.74, 6) is 0.825. The number of imidazole rings is 1. The summed E-state index contributed by atoms with van der Waals surface area (Å²) in [6.07, 6.45) is 3.74. The van der Waals surface area contributed by atoms with Crippen LogP contribution in [0.4, 0.5) is 11.6 Å². The molecule has 0 amide bonds. The largest absolute Gasteiger partial charge is 0.377 e. The Balaban J connectivity index is 2.13. The topological polar surface area (TPSA) is 39.1 Å². The zero-order valence-corrected chi connectivity index (χ0v) is 11.1. The number of benzene rings is 1. The minimum Gasteiger partial charge on any atom is -0.377 e. The molecule has 2 aromatic rings. The molecular formula is C14H19N3O. The number of hydrogen-bond donors (Lipinski definition) is 1. The zero-order valence-electron chi connectivity index (χ0n) is 11.1. The van der Waals surface area contributed by atoms with Crippen molar-refractivity contribution >= 4 is 11.6 Å². The standard InChI is InChI=1S/C14H19N3O/c1-14(2,18-3)11-17-10-9-15-13(17)16-12-7-5-4-6-8-12/h4-10H,11H2,1-3H3,(H,15,16). The molecule has 0 fully saturated rings. The van der Waals surface area contributed by atoms with Crippen LogP contribution in [0.5, 0.6) is 0 Å². The fourth-order valence-corrected chi connectivity index (χ4v) is 1.69. The third kappa shape index (κ3) is 3.11. The van der Waals surface area contributed by atoms with E-state index in [-0.39, 0.29) is 5.60 Å². The van der Waals surface area contributed by atoms with Crippen LogP contribution in [0.25, 0.3) is 0 Å². The van der Waals surface area contributed by atoms with E-state index in [1.54, 1.807) is 13.3 Å². The van der Waals surface area contributed by atoms with E-state index in [0.29, 0.717) is 0 Å². The molecular weight excluding hydrogens is 226 g/mol. The molecule has 0 atom stereocenters. The van der Waals surface area contributed by atoms with Gasteiger partial charge in [0.1, 0.15) is 0 Å². The van der Waals surface area contributed by atoms with Gasteiger partial charge in [0.15, 0.2) is 0 Å². The van der Waals surface area contributed by atoms with Crippen LogP contribution in [-0.2, 0) is 11.3 Å². The Hall–Kier alpha value is -1.81. The van der Waals surface area contributed by atoms with Gasteiger partial charge < -0.3 is 14.6 Å². The van der Waals surface area contributed by atoms with Crippen molar-refractivity contribution in [2.24, 2.45) is 0 Å². The van der Waals surface area contributed by atoms with Crippen LogP contribution >= 0.6 is 0 Å². The summed E-state index contributed by atoms with van der Waals surface area (Å²) in [4.78, 5) is 4.33. The Kier molecular flexibility index (Phi) is 3.67. The molecule has 0 spiro atoms. The SMILES string of the molecule is COC(C)(C)Cn1ccnc1Nc1ccccc1. The first-order chi connectivity index (χ1) is 8.61. The lowest BCUT2D eigenvalue weighted by Gasteiger charge is -2.24. The molecule has 96 valence electrons. The number of nitrogens with one attached hydrogen (secondary N) is 1. The predicted molar refractivity (Wildman–Crippen MR) is 73.0 cm³/mol. The average Bonchev–Trinajstić information content (AvgIpc) is 2.77. The van der Waals surface area contributed by atoms with Crippen LogP contribution in [0.15, 0.2) is 42.7 Å². The van der Waals surface area contributed by atoms with E-state index in [4.69, 9.17) is 4.74 Å². The third-order valence-electron chi connectivity index (χ3n) is 2.85. The fourth-order valence-electron chi connectivity index (χ4n) is 1.69. The number of rotatable bonds is 5. The number of nitrogens with zero attached hydrogens (tertiary/aromatic N) is 2. The molecule has 0 aliphatic heterocycles. The van der Waals surface area contributed by atoms with Crippen LogP contribution in [0.2, 0.25) is 0 Å². The van der Waals surface area contributed by atoms with Gasteiger partial charge in [-0.3, -0.25) is 0 Å². The molecule has 0 radical (unpaired) electrons. The van der Waals surface area contributed by atoms with E-state index in [0.717, 1.165) is 18.2 Å². The van der Waals surface area contributed by atoms with Gasteiger partial charge in [-0.15, -0.1) is 0 Å². The van der Waals surface area contributed by atoms with Gasteiger partial charge in [0.25, 0.3) is 0 Å². The minimum absolute atomic E-state index is 0.214. The van der Waals surface area contributed by atoms with Gasteiger partial charge >= 0.3 is 0 Å². The average molecular weight is 245 g/mol. The highest BCUT2D eigenvalue weighted by Crippen LogP contribution is 2.18. The van der Waals surface area contributed by atoms with Crippen molar-refractivity contribution in [1.29, 1.82) is 0 Å². The summed E-state index contributed by atoms with van der Waals surface area (Å²) >= 11 is 0. The molecule has 0 aliphatic rings. The van der Waals surface area contributed by atoms with Gasteiger partial charge in [0.2, 0.25) is 5.95 Å². The van der Waals surface area contributed by atoms with E-state index < -0.39 is 0 Å². The van der Waals surface area contributed by atoms with E-state index in [1.807, 2.05) is 36.5 Å². The van der Waals surface area contributed by atoms with E-state index in [1.165, 1.54) is 0 Å². The van der Waals surface area contributed by atoms with Crippen molar-refractivity contribution in [2.75, 3.05) is 12.4 Å². The number of para-hydroxylation sites is 1. The molecule has 0 unspecified atom stereocenters. The lowest BCUT2D eigenvalue weighted by atomic mass is 10.1. The molecule has 0 aliphatic carbocycles. The summed E-state index contributed by atoms with van der Waals surface area (Å²) in [6, 6.07) is 10.0. The van der Waals surface area contributed by atoms with Crippen molar-refractivity contribution in [1.82, 2.24) is 9.55 Å². The van der Waals surface area contributed by atoms with Crippen LogP contribution in [0.3, 0.4) is 0 Å². The quantitative estimate of drug-likeness (QED) is 0.880. The summed E-state index contributed by atoms with van der Waals surface area (Å²) in [7, 11) is 1.72. The number of anilines is 2. The van der Waals surface area contributed by atoms with Gasteiger partial charge in [-0.1, -0.05) is 18.2 Å². The lowest BCUT2D eigenvalue weighted by molar-refractivity contribution is 0.00860. The maximum atomic E-state index is 5.44. The van der Waals surface area contributed by atoms with Gasteiger partial charge in [0, 0.05) is 25.2 Å². The van der Waals surface area contributed by atoms with Crippen LogP contribution in [0.1, 0.15) is 13.8 Å². The predicted octanol–water partition coefficient (Wildman–Crippen LogP) is 3.05. The number of ether oxygens (including phenoxy) is 1. The molecule has 1 N–H and O–H groups in total. The van der Waals surface area contributed by atoms with Gasteiger partial charge in [-0.2, -0.15) is 0 Å². The second kappa shape index (κ2) is 5.23. The molecule has 0 bridgehead atoms. The summed E-state index contributed by atoms with van der Waals surface area (Å²) in [5, 5.41) is 3.30. The number of methoxy groups -OCH3 is 1. The molecule has 4 nitrogen and oxygen atoms in total. The van der Waals surface area contributed by atoms with Gasteiger partial charge in [0.05, 0.1) is 12.1 Å². The molecule has 1 aromatic carbocycles. The summed E-state index contributed by atoms with van der Waals surface area (Å²) < 4.78 is 7.49. The second-order valence-corrected chi connectivity index (χ2v) is 4.83. The van der Waals surface area contributed by atoms with Crippen molar-refractivity contribution in [3.8, 4) is 0 Å². The van der Waals surface area contributed by atoms with Crippen molar-refractivity contribution in [3.63, 3.8) is 0 Å². The molecule has 1 heterocycles. The van der Waals surface area contributed by atoms with Gasteiger partial charge in [-0.25, -0.2) is 4.98 Å². The Morgan fingerprint density at radius 3 is 2.67 bits per heavy atom. The Bertz CT molecular complexity index is 491. The van der Waals surface area contributed by atoms with Crippen molar-refractivity contribution in [3.05, 3.63) is 42.7 Å². The van der Waals surface area contributed by atoms with Crippen LogP contribution in [-0.4, -0.2) is 22.3 Å². The normalized spacial score (nSPS) is 11.5. The smallest absolute Gasteiger partial charge is 0.207 e. The second-order valence-electron chi connectivity index (χ2n) is 4.83. The highest BCUT2D eigenvalue weighted by molar-refractivity contribution is 5.53. The fraction of sp³-hybridized carbons (Fsp3) is 0.357. The molecule has 2 rings (SSSR count). The monoisotopic (exact) mass is 245 g/mol.